The molecular weight excluding hydrogens is 284 g/mol. The molecule has 0 aromatic heterocycles. The maximum atomic E-state index is 11.0. The summed E-state index contributed by atoms with van der Waals surface area (Å²) in [5.41, 5.74) is 0. The summed E-state index contributed by atoms with van der Waals surface area (Å²) in [7, 11) is 0. The van der Waals surface area contributed by atoms with E-state index in [0.29, 0.717) is 0 Å². The van der Waals surface area contributed by atoms with E-state index in [1.165, 1.54) is 12.8 Å². The average molecular weight is 321 g/mol. The maximum Gasteiger partial charge on any atom is 0.306 e. The van der Waals surface area contributed by atoms with Crippen molar-refractivity contribution in [2.45, 2.75) is 84.5 Å². The summed E-state index contributed by atoms with van der Waals surface area (Å²) in [6.07, 6.45) is 24.9. The van der Waals surface area contributed by atoms with Crippen molar-refractivity contribution in [2.24, 2.45) is 5.92 Å². The topological polar surface area (TPSA) is 37.3 Å². The van der Waals surface area contributed by atoms with Gasteiger partial charge in [0.2, 0.25) is 0 Å². The summed E-state index contributed by atoms with van der Waals surface area (Å²) in [6, 6.07) is 0. The molecule has 0 rings (SSSR count). The predicted molar refractivity (Wildman–Crippen MR) is 101 cm³/mol. The van der Waals surface area contributed by atoms with Crippen molar-refractivity contribution in [1.82, 2.24) is 0 Å². The van der Waals surface area contributed by atoms with Crippen LogP contribution in [-0.4, -0.2) is 11.1 Å². The van der Waals surface area contributed by atoms with Gasteiger partial charge in [-0.3, -0.25) is 4.79 Å². The van der Waals surface area contributed by atoms with E-state index in [4.69, 9.17) is 5.11 Å². The molecule has 0 fully saturated rings. The molecule has 1 N–H and O–H groups in total. The largest absolute Gasteiger partial charge is 0.481 e. The molecular formula is C21H36O2. The summed E-state index contributed by atoms with van der Waals surface area (Å²) in [4.78, 5) is 11.0. The lowest BCUT2D eigenvalue weighted by Crippen LogP contribution is -2.13. The first-order valence-electron chi connectivity index (χ1n) is 9.40. The molecule has 0 spiro atoms. The molecule has 0 amide bonds. The molecule has 0 aromatic carbocycles. The Hall–Kier alpha value is -1.31. The van der Waals surface area contributed by atoms with Gasteiger partial charge in [0.05, 0.1) is 5.92 Å². The number of carboxylic acids is 1. The standard InChI is InChI=1S/C21H36O2/c1-3-5-6-7-8-9-10-11-12-13-14-15-16-17-19-20(18-4-2)21(22)23/h5-6,8-9,11-12,20H,3-4,7,10,13-19H2,1-2H3,(H,22,23). The molecule has 1 atom stereocenters. The fourth-order valence-electron chi connectivity index (χ4n) is 2.57. The van der Waals surface area contributed by atoms with Gasteiger partial charge in [0.1, 0.15) is 0 Å². The highest BCUT2D eigenvalue weighted by Gasteiger charge is 2.14. The number of carbonyl (C=O) groups is 1. The minimum absolute atomic E-state index is 0.126. The SMILES string of the molecule is CCC=CCC=CCC=CCCCCCCC(CCC)C(=O)O. The number of allylic oxidation sites excluding steroid dienone is 6. The third kappa shape index (κ3) is 15.4. The van der Waals surface area contributed by atoms with Crippen LogP contribution in [-0.2, 0) is 4.79 Å². The first-order valence-corrected chi connectivity index (χ1v) is 9.40. The molecule has 1 unspecified atom stereocenters. The monoisotopic (exact) mass is 320 g/mol. The van der Waals surface area contributed by atoms with Crippen LogP contribution in [0.15, 0.2) is 36.5 Å². The lowest BCUT2D eigenvalue weighted by molar-refractivity contribution is -0.142. The summed E-state index contributed by atoms with van der Waals surface area (Å²) in [5.74, 6) is -0.744. The Labute approximate surface area is 143 Å². The van der Waals surface area contributed by atoms with E-state index in [0.717, 1.165) is 57.8 Å². The predicted octanol–water partition coefficient (Wildman–Crippen LogP) is 6.69. The van der Waals surface area contributed by atoms with Gasteiger partial charge in [-0.1, -0.05) is 76.0 Å². The number of hydrogen-bond acceptors (Lipinski definition) is 1. The molecule has 0 radical (unpaired) electrons. The van der Waals surface area contributed by atoms with E-state index in [1.807, 2.05) is 0 Å². The molecule has 2 nitrogen and oxygen atoms in total. The van der Waals surface area contributed by atoms with Crippen LogP contribution >= 0.6 is 0 Å². The second-order valence-electron chi connectivity index (χ2n) is 6.11. The van der Waals surface area contributed by atoms with E-state index in [2.05, 4.69) is 50.3 Å². The zero-order valence-electron chi connectivity index (χ0n) is 15.2. The normalized spacial score (nSPS) is 13.5. The van der Waals surface area contributed by atoms with Crippen molar-refractivity contribution < 1.29 is 9.90 Å². The maximum absolute atomic E-state index is 11.0. The van der Waals surface area contributed by atoms with Crippen molar-refractivity contribution in [3.8, 4) is 0 Å². The van der Waals surface area contributed by atoms with Crippen molar-refractivity contribution in [3.05, 3.63) is 36.5 Å². The highest BCUT2D eigenvalue weighted by atomic mass is 16.4. The second kappa shape index (κ2) is 17.1. The molecule has 0 aliphatic carbocycles. The fourth-order valence-corrected chi connectivity index (χ4v) is 2.57. The van der Waals surface area contributed by atoms with Gasteiger partial charge in [0.25, 0.3) is 0 Å². The van der Waals surface area contributed by atoms with E-state index in [-0.39, 0.29) is 5.92 Å². The molecule has 0 heterocycles. The summed E-state index contributed by atoms with van der Waals surface area (Å²) in [6.45, 7) is 4.21. The molecule has 0 aliphatic rings. The van der Waals surface area contributed by atoms with E-state index in [1.54, 1.807) is 0 Å². The third-order valence-corrected chi connectivity index (χ3v) is 3.94. The lowest BCUT2D eigenvalue weighted by atomic mass is 9.96. The minimum Gasteiger partial charge on any atom is -0.481 e. The molecule has 0 saturated carbocycles. The Morgan fingerprint density at radius 1 is 0.826 bits per heavy atom. The van der Waals surface area contributed by atoms with Gasteiger partial charge in [0.15, 0.2) is 0 Å². The van der Waals surface area contributed by atoms with Gasteiger partial charge >= 0.3 is 5.97 Å². The number of carboxylic acid groups (broad SMARTS) is 1. The molecule has 0 bridgehead atoms. The lowest BCUT2D eigenvalue weighted by Gasteiger charge is -2.10. The summed E-state index contributed by atoms with van der Waals surface area (Å²) >= 11 is 0. The summed E-state index contributed by atoms with van der Waals surface area (Å²) < 4.78 is 0. The number of aliphatic carboxylic acids is 1. The fraction of sp³-hybridized carbons (Fsp3) is 0.667. The van der Waals surface area contributed by atoms with Crippen molar-refractivity contribution in [3.63, 3.8) is 0 Å². The van der Waals surface area contributed by atoms with Gasteiger partial charge in [-0.15, -0.1) is 0 Å². The molecule has 0 aliphatic heterocycles. The molecule has 0 aromatic rings. The summed E-state index contributed by atoms with van der Waals surface area (Å²) in [5, 5.41) is 9.09. The van der Waals surface area contributed by atoms with E-state index in [9.17, 15) is 4.79 Å². The van der Waals surface area contributed by atoms with Gasteiger partial charge in [0, 0.05) is 0 Å². The third-order valence-electron chi connectivity index (χ3n) is 3.94. The Kier molecular flexibility index (Phi) is 16.1. The molecule has 132 valence electrons. The first-order chi connectivity index (χ1) is 11.2. The second-order valence-corrected chi connectivity index (χ2v) is 6.11. The van der Waals surface area contributed by atoms with Gasteiger partial charge in [-0.05, 0) is 44.9 Å². The van der Waals surface area contributed by atoms with Crippen LogP contribution in [0.4, 0.5) is 0 Å². The Balaban J connectivity index is 3.46. The average Bonchev–Trinajstić information content (AvgIpc) is 2.54. The number of rotatable bonds is 15. The van der Waals surface area contributed by atoms with Crippen LogP contribution in [0.3, 0.4) is 0 Å². The van der Waals surface area contributed by atoms with Gasteiger partial charge in [-0.25, -0.2) is 0 Å². The van der Waals surface area contributed by atoms with E-state index >= 15 is 0 Å². The van der Waals surface area contributed by atoms with Crippen LogP contribution in [0.1, 0.15) is 84.5 Å². The number of hydrogen-bond donors (Lipinski definition) is 1. The van der Waals surface area contributed by atoms with Crippen LogP contribution in [0.25, 0.3) is 0 Å². The molecule has 0 saturated heterocycles. The van der Waals surface area contributed by atoms with Crippen molar-refractivity contribution >= 4 is 5.97 Å². The van der Waals surface area contributed by atoms with Crippen molar-refractivity contribution in [1.29, 1.82) is 0 Å². The van der Waals surface area contributed by atoms with Gasteiger partial charge < -0.3 is 5.11 Å². The Morgan fingerprint density at radius 3 is 2.04 bits per heavy atom. The first kappa shape index (κ1) is 21.7. The van der Waals surface area contributed by atoms with Crippen LogP contribution in [0, 0.1) is 5.92 Å². The van der Waals surface area contributed by atoms with Crippen LogP contribution in [0.2, 0.25) is 0 Å². The van der Waals surface area contributed by atoms with Gasteiger partial charge in [-0.2, -0.15) is 0 Å². The Morgan fingerprint density at radius 2 is 1.43 bits per heavy atom. The smallest absolute Gasteiger partial charge is 0.306 e. The Bertz CT molecular complexity index is 353. The highest BCUT2D eigenvalue weighted by molar-refractivity contribution is 5.69. The zero-order chi connectivity index (χ0) is 17.2. The quantitative estimate of drug-likeness (QED) is 0.270. The van der Waals surface area contributed by atoms with E-state index < -0.39 is 5.97 Å². The zero-order valence-corrected chi connectivity index (χ0v) is 15.2. The highest BCUT2D eigenvalue weighted by Crippen LogP contribution is 2.16. The molecule has 23 heavy (non-hydrogen) atoms. The minimum atomic E-state index is -0.618. The van der Waals surface area contributed by atoms with Crippen molar-refractivity contribution in [2.75, 3.05) is 0 Å². The number of unbranched alkanes of at least 4 members (excludes halogenated alkanes) is 4. The van der Waals surface area contributed by atoms with Crippen LogP contribution in [0.5, 0.6) is 0 Å². The van der Waals surface area contributed by atoms with Crippen LogP contribution < -0.4 is 0 Å². The molecule has 2 heteroatoms.